The van der Waals surface area contributed by atoms with Gasteiger partial charge in [-0.2, -0.15) is 0 Å². The van der Waals surface area contributed by atoms with Gasteiger partial charge in [-0.15, -0.1) is 0 Å². The lowest BCUT2D eigenvalue weighted by Crippen LogP contribution is -2.47. The molecule has 20 heavy (non-hydrogen) atoms. The molecule has 1 heterocycles. The van der Waals surface area contributed by atoms with Gasteiger partial charge in [0.25, 0.3) is 0 Å². The van der Waals surface area contributed by atoms with Crippen LogP contribution >= 0.6 is 0 Å². The van der Waals surface area contributed by atoms with E-state index < -0.39 is 11.9 Å². The van der Waals surface area contributed by atoms with Crippen LogP contribution < -0.4 is 5.32 Å². The van der Waals surface area contributed by atoms with E-state index in [0.717, 1.165) is 6.42 Å². The van der Waals surface area contributed by atoms with Crippen molar-refractivity contribution in [3.63, 3.8) is 0 Å². The maximum Gasteiger partial charge on any atom is 0.308 e. The van der Waals surface area contributed by atoms with E-state index in [1.165, 1.54) is 0 Å². The van der Waals surface area contributed by atoms with Gasteiger partial charge in [0, 0.05) is 32.0 Å². The Labute approximate surface area is 119 Å². The molecule has 1 saturated heterocycles. The van der Waals surface area contributed by atoms with E-state index in [9.17, 15) is 14.4 Å². The van der Waals surface area contributed by atoms with Crippen LogP contribution in [0.1, 0.15) is 46.0 Å². The Kier molecular flexibility index (Phi) is 6.48. The largest absolute Gasteiger partial charge is 0.481 e. The SMILES string of the molecule is CCNC(=O)CCCC(=O)N1CC(C(=O)O)CCC1C. The summed E-state index contributed by atoms with van der Waals surface area (Å²) in [4.78, 5) is 36.1. The zero-order valence-electron chi connectivity index (χ0n) is 12.2. The first-order chi connectivity index (χ1) is 9.45. The third-order valence-corrected chi connectivity index (χ3v) is 3.72. The average Bonchev–Trinajstić information content (AvgIpc) is 2.39. The van der Waals surface area contributed by atoms with Gasteiger partial charge in [0.15, 0.2) is 0 Å². The van der Waals surface area contributed by atoms with Gasteiger partial charge in [0.2, 0.25) is 11.8 Å². The lowest BCUT2D eigenvalue weighted by molar-refractivity contribution is -0.147. The Hall–Kier alpha value is -1.59. The number of piperidine rings is 1. The molecular weight excluding hydrogens is 260 g/mol. The number of carboxylic acids is 1. The third kappa shape index (κ3) is 4.83. The Balaban J connectivity index is 2.40. The second-order valence-electron chi connectivity index (χ2n) is 5.31. The van der Waals surface area contributed by atoms with Crippen LogP contribution in [0.15, 0.2) is 0 Å². The van der Waals surface area contributed by atoms with Crippen LogP contribution in [-0.2, 0) is 14.4 Å². The normalized spacial score (nSPS) is 22.4. The van der Waals surface area contributed by atoms with Crippen molar-refractivity contribution in [2.45, 2.75) is 52.0 Å². The van der Waals surface area contributed by atoms with E-state index in [0.29, 0.717) is 32.2 Å². The summed E-state index contributed by atoms with van der Waals surface area (Å²) in [7, 11) is 0. The number of amides is 2. The summed E-state index contributed by atoms with van der Waals surface area (Å²) in [6.07, 6.45) is 2.49. The Morgan fingerprint density at radius 2 is 1.95 bits per heavy atom. The fourth-order valence-corrected chi connectivity index (χ4v) is 2.49. The molecule has 6 nitrogen and oxygen atoms in total. The summed E-state index contributed by atoms with van der Waals surface area (Å²) in [5, 5.41) is 11.7. The van der Waals surface area contributed by atoms with Crippen LogP contribution in [0.5, 0.6) is 0 Å². The van der Waals surface area contributed by atoms with E-state index in [4.69, 9.17) is 5.11 Å². The van der Waals surface area contributed by atoms with Gasteiger partial charge in [-0.05, 0) is 33.1 Å². The number of nitrogens with one attached hydrogen (secondary N) is 1. The lowest BCUT2D eigenvalue weighted by atomic mass is 9.93. The zero-order chi connectivity index (χ0) is 15.1. The first-order valence-corrected chi connectivity index (χ1v) is 7.24. The van der Waals surface area contributed by atoms with Crippen molar-refractivity contribution in [3.05, 3.63) is 0 Å². The van der Waals surface area contributed by atoms with Crippen molar-refractivity contribution in [1.29, 1.82) is 0 Å². The van der Waals surface area contributed by atoms with Crippen LogP contribution in [0.2, 0.25) is 0 Å². The predicted molar refractivity (Wildman–Crippen MR) is 74.1 cm³/mol. The summed E-state index contributed by atoms with van der Waals surface area (Å²) in [5.74, 6) is -1.39. The van der Waals surface area contributed by atoms with E-state index >= 15 is 0 Å². The number of carbonyl (C=O) groups is 3. The predicted octanol–water partition coefficient (Wildman–Crippen LogP) is 1.00. The molecule has 0 bridgehead atoms. The fourth-order valence-electron chi connectivity index (χ4n) is 2.49. The van der Waals surface area contributed by atoms with Gasteiger partial charge in [-0.3, -0.25) is 14.4 Å². The molecule has 1 aliphatic heterocycles. The van der Waals surface area contributed by atoms with Crippen LogP contribution in [0.3, 0.4) is 0 Å². The minimum Gasteiger partial charge on any atom is -0.481 e. The Morgan fingerprint density at radius 3 is 2.55 bits per heavy atom. The number of likely N-dealkylation sites (tertiary alicyclic amines) is 1. The highest BCUT2D eigenvalue weighted by molar-refractivity contribution is 5.80. The second-order valence-corrected chi connectivity index (χ2v) is 5.31. The van der Waals surface area contributed by atoms with Crippen molar-refractivity contribution in [3.8, 4) is 0 Å². The zero-order valence-corrected chi connectivity index (χ0v) is 12.2. The summed E-state index contributed by atoms with van der Waals surface area (Å²) in [6, 6.07) is 0.0857. The van der Waals surface area contributed by atoms with Crippen LogP contribution in [0.4, 0.5) is 0 Å². The molecule has 1 aliphatic rings. The van der Waals surface area contributed by atoms with Crippen molar-refractivity contribution >= 4 is 17.8 Å². The molecule has 2 unspecified atom stereocenters. The van der Waals surface area contributed by atoms with Crippen LogP contribution in [0.25, 0.3) is 0 Å². The monoisotopic (exact) mass is 284 g/mol. The number of hydrogen-bond donors (Lipinski definition) is 2. The van der Waals surface area contributed by atoms with Gasteiger partial charge in [0.1, 0.15) is 0 Å². The van der Waals surface area contributed by atoms with Gasteiger partial charge < -0.3 is 15.3 Å². The van der Waals surface area contributed by atoms with E-state index in [1.54, 1.807) is 4.90 Å². The molecule has 0 radical (unpaired) electrons. The molecule has 6 heteroatoms. The number of carboxylic acid groups (broad SMARTS) is 1. The van der Waals surface area contributed by atoms with E-state index in [2.05, 4.69) is 5.32 Å². The summed E-state index contributed by atoms with van der Waals surface area (Å²) < 4.78 is 0. The molecule has 0 aromatic heterocycles. The lowest BCUT2D eigenvalue weighted by Gasteiger charge is -2.36. The molecule has 0 aliphatic carbocycles. The molecule has 1 rings (SSSR count). The molecule has 114 valence electrons. The summed E-state index contributed by atoms with van der Waals surface area (Å²) in [5.41, 5.74) is 0. The standard InChI is InChI=1S/C14H24N2O4/c1-3-15-12(17)5-4-6-13(18)16-9-11(14(19)20)8-7-10(16)2/h10-11H,3-9H2,1-2H3,(H,15,17)(H,19,20). The van der Waals surface area contributed by atoms with Crippen molar-refractivity contribution in [1.82, 2.24) is 10.2 Å². The maximum atomic E-state index is 12.1. The first kappa shape index (κ1) is 16.5. The molecule has 2 atom stereocenters. The van der Waals surface area contributed by atoms with E-state index in [1.807, 2.05) is 13.8 Å². The van der Waals surface area contributed by atoms with Crippen molar-refractivity contribution in [2.75, 3.05) is 13.1 Å². The van der Waals surface area contributed by atoms with E-state index in [-0.39, 0.29) is 24.4 Å². The highest BCUT2D eigenvalue weighted by Gasteiger charge is 2.32. The molecule has 0 saturated carbocycles. The molecule has 2 N–H and O–H groups in total. The molecule has 1 fully saturated rings. The number of aliphatic carboxylic acids is 1. The van der Waals surface area contributed by atoms with Gasteiger partial charge in [-0.1, -0.05) is 0 Å². The summed E-state index contributed by atoms with van der Waals surface area (Å²) >= 11 is 0. The van der Waals surface area contributed by atoms with Crippen LogP contribution in [-0.4, -0.2) is 46.9 Å². The quantitative estimate of drug-likeness (QED) is 0.762. The van der Waals surface area contributed by atoms with Gasteiger partial charge >= 0.3 is 5.97 Å². The molecular formula is C14H24N2O4. The van der Waals surface area contributed by atoms with Gasteiger partial charge in [-0.25, -0.2) is 0 Å². The Morgan fingerprint density at radius 1 is 1.25 bits per heavy atom. The van der Waals surface area contributed by atoms with Crippen LogP contribution in [0, 0.1) is 5.92 Å². The maximum absolute atomic E-state index is 12.1. The molecule has 0 aromatic carbocycles. The topological polar surface area (TPSA) is 86.7 Å². The minimum absolute atomic E-state index is 0.0459. The number of carbonyl (C=O) groups excluding carboxylic acids is 2. The third-order valence-electron chi connectivity index (χ3n) is 3.72. The highest BCUT2D eigenvalue weighted by Crippen LogP contribution is 2.23. The smallest absolute Gasteiger partial charge is 0.308 e. The fraction of sp³-hybridized carbons (Fsp3) is 0.786. The first-order valence-electron chi connectivity index (χ1n) is 7.24. The minimum atomic E-state index is -0.836. The van der Waals surface area contributed by atoms with Gasteiger partial charge in [0.05, 0.1) is 5.92 Å². The summed E-state index contributed by atoms with van der Waals surface area (Å²) in [6.45, 7) is 4.68. The Bertz CT molecular complexity index is 370. The second kappa shape index (κ2) is 7.87. The average molecular weight is 284 g/mol. The highest BCUT2D eigenvalue weighted by atomic mass is 16.4. The van der Waals surface area contributed by atoms with Crippen molar-refractivity contribution < 1.29 is 19.5 Å². The number of hydrogen-bond acceptors (Lipinski definition) is 3. The number of rotatable bonds is 6. The van der Waals surface area contributed by atoms with Crippen molar-refractivity contribution in [2.24, 2.45) is 5.92 Å². The number of nitrogens with zero attached hydrogens (tertiary/aromatic N) is 1. The molecule has 0 aromatic rings. The molecule has 0 spiro atoms. The molecule has 2 amide bonds.